The molecule has 2 nitrogen and oxygen atoms in total. The van der Waals surface area contributed by atoms with Crippen LogP contribution in [0.15, 0.2) is 31.8 Å². The third kappa shape index (κ3) is 2.65. The van der Waals surface area contributed by atoms with E-state index in [1.807, 2.05) is 0 Å². The van der Waals surface area contributed by atoms with Crippen LogP contribution in [0.2, 0.25) is 0 Å². The second-order valence-corrected chi connectivity index (χ2v) is 7.17. The average molecular weight is 394 g/mol. The van der Waals surface area contributed by atoms with E-state index in [1.165, 1.54) is 30.6 Å². The molecular formula is C12H7Br2FO2S. The van der Waals surface area contributed by atoms with E-state index in [0.29, 0.717) is 11.1 Å². The van der Waals surface area contributed by atoms with Crippen molar-refractivity contribution in [3.05, 3.63) is 48.8 Å². The summed E-state index contributed by atoms with van der Waals surface area (Å²) >= 11 is 8.01. The summed E-state index contributed by atoms with van der Waals surface area (Å²) in [7, 11) is 1.38. The highest BCUT2D eigenvalue weighted by Gasteiger charge is 2.17. The smallest absolute Gasteiger partial charge is 0.195 e. The van der Waals surface area contributed by atoms with Gasteiger partial charge < -0.3 is 4.74 Å². The number of ether oxygens (including phenoxy) is 1. The molecule has 0 spiro atoms. The molecule has 94 valence electrons. The molecule has 0 fully saturated rings. The maximum absolute atomic E-state index is 13.5. The molecule has 1 aromatic heterocycles. The third-order valence-corrected chi connectivity index (χ3v) is 4.65. The van der Waals surface area contributed by atoms with Gasteiger partial charge in [-0.2, -0.15) is 0 Å². The minimum atomic E-state index is -0.547. The van der Waals surface area contributed by atoms with E-state index < -0.39 is 5.82 Å². The number of carbonyl (C=O) groups excluding carboxylic acids is 1. The number of benzene rings is 1. The number of hydrogen-bond acceptors (Lipinski definition) is 3. The molecule has 2 rings (SSSR count). The highest BCUT2D eigenvalue weighted by atomic mass is 79.9. The summed E-state index contributed by atoms with van der Waals surface area (Å²) in [5.41, 5.74) is 0.802. The molecule has 0 radical (unpaired) electrons. The van der Waals surface area contributed by atoms with Crippen molar-refractivity contribution >= 4 is 49.0 Å². The van der Waals surface area contributed by atoms with Gasteiger partial charge in [-0.15, -0.1) is 11.3 Å². The number of methoxy groups -OCH3 is 1. The Balaban J connectivity index is 2.40. The fraction of sp³-hybridized carbons (Fsp3) is 0.0833. The number of carbonyl (C=O) groups is 1. The summed E-state index contributed by atoms with van der Waals surface area (Å²) in [5.74, 6) is -0.656. The highest BCUT2D eigenvalue weighted by molar-refractivity contribution is 9.12. The zero-order valence-electron chi connectivity index (χ0n) is 9.17. The largest absolute Gasteiger partial charge is 0.494 e. The minimum Gasteiger partial charge on any atom is -0.494 e. The molecule has 2 aromatic rings. The second kappa shape index (κ2) is 5.50. The van der Waals surface area contributed by atoms with Gasteiger partial charge in [-0.25, -0.2) is 4.39 Å². The van der Waals surface area contributed by atoms with Crippen LogP contribution in [-0.4, -0.2) is 12.9 Å². The molecule has 0 bridgehead atoms. The molecule has 0 aliphatic rings. The van der Waals surface area contributed by atoms with Gasteiger partial charge in [0.15, 0.2) is 17.3 Å². The monoisotopic (exact) mass is 392 g/mol. The lowest BCUT2D eigenvalue weighted by atomic mass is 10.1. The molecule has 0 unspecified atom stereocenters. The standard InChI is InChI=1S/C12H7Br2FO2S/c1-17-9-3-2-6(4-8(9)15)11(16)7-5-10(13)18-12(7)14/h2-5H,1H3. The fourth-order valence-corrected chi connectivity index (χ4v) is 4.25. The van der Waals surface area contributed by atoms with Gasteiger partial charge in [0.25, 0.3) is 0 Å². The maximum atomic E-state index is 13.5. The molecule has 18 heavy (non-hydrogen) atoms. The van der Waals surface area contributed by atoms with E-state index in [1.54, 1.807) is 12.1 Å². The van der Waals surface area contributed by atoms with E-state index in [-0.39, 0.29) is 11.5 Å². The van der Waals surface area contributed by atoms with Crippen molar-refractivity contribution in [3.63, 3.8) is 0 Å². The molecule has 0 aliphatic heterocycles. The van der Waals surface area contributed by atoms with Crippen molar-refractivity contribution < 1.29 is 13.9 Å². The first-order valence-corrected chi connectivity index (χ1v) is 7.26. The van der Waals surface area contributed by atoms with Gasteiger partial charge in [0.2, 0.25) is 0 Å². The number of hydrogen-bond donors (Lipinski definition) is 0. The Bertz CT molecular complexity index is 610. The Kier molecular flexibility index (Phi) is 4.19. The molecule has 6 heteroatoms. The molecule has 0 N–H and O–H groups in total. The molecule has 0 saturated heterocycles. The van der Waals surface area contributed by atoms with E-state index in [4.69, 9.17) is 4.74 Å². The number of halogens is 3. The SMILES string of the molecule is COc1ccc(C(=O)c2cc(Br)sc2Br)cc1F. The predicted molar refractivity (Wildman–Crippen MR) is 76.1 cm³/mol. The normalized spacial score (nSPS) is 10.4. The topological polar surface area (TPSA) is 26.3 Å². The van der Waals surface area contributed by atoms with Crippen LogP contribution in [0.5, 0.6) is 5.75 Å². The molecule has 0 aliphatic carbocycles. The van der Waals surface area contributed by atoms with E-state index in [0.717, 1.165) is 7.57 Å². The first-order chi connectivity index (χ1) is 8.52. The van der Waals surface area contributed by atoms with Crippen molar-refractivity contribution in [2.24, 2.45) is 0 Å². The molecule has 1 aromatic carbocycles. The van der Waals surface area contributed by atoms with Crippen molar-refractivity contribution in [1.82, 2.24) is 0 Å². The molecule has 0 amide bonds. The minimum absolute atomic E-state index is 0.122. The summed E-state index contributed by atoms with van der Waals surface area (Å²) in [6.07, 6.45) is 0. The Morgan fingerprint density at radius 1 is 1.33 bits per heavy atom. The van der Waals surface area contributed by atoms with Gasteiger partial charge in [-0.1, -0.05) is 0 Å². The number of rotatable bonds is 3. The van der Waals surface area contributed by atoms with Crippen LogP contribution in [0, 0.1) is 5.82 Å². The summed E-state index contributed by atoms with van der Waals surface area (Å²) < 4.78 is 19.9. The number of ketones is 1. The predicted octanol–water partition coefficient (Wildman–Crippen LogP) is 4.65. The van der Waals surface area contributed by atoms with E-state index in [2.05, 4.69) is 31.9 Å². The first-order valence-electron chi connectivity index (χ1n) is 4.86. The Hall–Kier alpha value is -0.720. The van der Waals surface area contributed by atoms with Gasteiger partial charge in [-0.05, 0) is 56.1 Å². The zero-order chi connectivity index (χ0) is 13.3. The van der Waals surface area contributed by atoms with Crippen molar-refractivity contribution in [2.45, 2.75) is 0 Å². The maximum Gasteiger partial charge on any atom is 0.195 e. The molecular weight excluding hydrogens is 387 g/mol. The lowest BCUT2D eigenvalue weighted by Crippen LogP contribution is -2.01. The fourth-order valence-electron chi connectivity index (χ4n) is 1.46. The second-order valence-electron chi connectivity index (χ2n) is 3.42. The third-order valence-electron chi connectivity index (χ3n) is 2.32. The van der Waals surface area contributed by atoms with Gasteiger partial charge in [0, 0.05) is 11.1 Å². The summed E-state index contributed by atoms with van der Waals surface area (Å²) in [6, 6.07) is 5.87. The zero-order valence-corrected chi connectivity index (χ0v) is 13.2. The first kappa shape index (κ1) is 13.7. The highest BCUT2D eigenvalue weighted by Crippen LogP contribution is 2.33. The van der Waals surface area contributed by atoms with Gasteiger partial charge in [-0.3, -0.25) is 4.79 Å². The van der Waals surface area contributed by atoms with E-state index >= 15 is 0 Å². The Labute approximate surface area is 124 Å². The van der Waals surface area contributed by atoms with Crippen LogP contribution in [0.4, 0.5) is 4.39 Å². The van der Waals surface area contributed by atoms with E-state index in [9.17, 15) is 9.18 Å². The van der Waals surface area contributed by atoms with Crippen LogP contribution < -0.4 is 4.74 Å². The van der Waals surface area contributed by atoms with Crippen LogP contribution in [0.3, 0.4) is 0 Å². The summed E-state index contributed by atoms with van der Waals surface area (Å²) in [4.78, 5) is 12.2. The Morgan fingerprint density at radius 2 is 2.06 bits per heavy atom. The molecule has 0 atom stereocenters. The van der Waals surface area contributed by atoms with Crippen molar-refractivity contribution in [1.29, 1.82) is 0 Å². The van der Waals surface area contributed by atoms with Crippen LogP contribution >= 0.6 is 43.2 Å². The van der Waals surface area contributed by atoms with Crippen molar-refractivity contribution in [3.8, 4) is 5.75 Å². The average Bonchev–Trinajstić information content (AvgIpc) is 2.67. The summed E-state index contributed by atoms with van der Waals surface area (Å²) in [5, 5.41) is 0. The lowest BCUT2D eigenvalue weighted by Gasteiger charge is -2.04. The van der Waals surface area contributed by atoms with Crippen LogP contribution in [-0.2, 0) is 0 Å². The van der Waals surface area contributed by atoms with Gasteiger partial charge in [0.1, 0.15) is 0 Å². The van der Waals surface area contributed by atoms with Gasteiger partial charge >= 0.3 is 0 Å². The summed E-state index contributed by atoms with van der Waals surface area (Å²) in [6.45, 7) is 0. The van der Waals surface area contributed by atoms with Crippen LogP contribution in [0.25, 0.3) is 0 Å². The Morgan fingerprint density at radius 3 is 2.56 bits per heavy atom. The van der Waals surface area contributed by atoms with Crippen LogP contribution in [0.1, 0.15) is 15.9 Å². The lowest BCUT2D eigenvalue weighted by molar-refractivity contribution is 0.103. The molecule has 0 saturated carbocycles. The molecule has 1 heterocycles. The quantitative estimate of drug-likeness (QED) is 0.709. The van der Waals surface area contributed by atoms with Gasteiger partial charge in [0.05, 0.1) is 14.7 Å². The number of thiophene rings is 1. The van der Waals surface area contributed by atoms with Crippen molar-refractivity contribution in [2.75, 3.05) is 7.11 Å².